The zero-order valence-corrected chi connectivity index (χ0v) is 13.3. The van der Waals surface area contributed by atoms with Crippen LogP contribution in [0.5, 0.6) is 5.75 Å². The van der Waals surface area contributed by atoms with Gasteiger partial charge in [0.2, 0.25) is 5.95 Å². The fourth-order valence-corrected chi connectivity index (χ4v) is 2.92. The van der Waals surface area contributed by atoms with Gasteiger partial charge in [0.1, 0.15) is 23.9 Å². The van der Waals surface area contributed by atoms with Gasteiger partial charge >= 0.3 is 6.61 Å². The van der Waals surface area contributed by atoms with Crippen LogP contribution in [-0.2, 0) is 0 Å². The molecule has 132 valence electrons. The SMILES string of the molecule is Fc1ccccc1C1C=C(c2ccccc2OC(F)F)Nc2ncnn21. The smallest absolute Gasteiger partial charge is 0.387 e. The van der Waals surface area contributed by atoms with E-state index in [9.17, 15) is 13.2 Å². The topological polar surface area (TPSA) is 52.0 Å². The second kappa shape index (κ2) is 6.55. The van der Waals surface area contributed by atoms with Crippen molar-refractivity contribution in [1.29, 1.82) is 0 Å². The van der Waals surface area contributed by atoms with Crippen molar-refractivity contribution >= 4 is 11.6 Å². The molecule has 0 fully saturated rings. The third-order valence-corrected chi connectivity index (χ3v) is 4.02. The molecule has 2 heterocycles. The summed E-state index contributed by atoms with van der Waals surface area (Å²) in [5.74, 6) is -0.00216. The number of para-hydroxylation sites is 1. The number of ether oxygens (including phenoxy) is 1. The molecular weight excluding hydrogens is 345 g/mol. The van der Waals surface area contributed by atoms with Crippen LogP contribution in [0.15, 0.2) is 60.9 Å². The minimum absolute atomic E-state index is 0.0153. The maximum atomic E-state index is 14.3. The number of anilines is 1. The highest BCUT2D eigenvalue weighted by Crippen LogP contribution is 2.36. The molecule has 1 N–H and O–H groups in total. The molecule has 0 amide bonds. The van der Waals surface area contributed by atoms with Gasteiger partial charge in [-0.25, -0.2) is 9.07 Å². The number of rotatable bonds is 4. The van der Waals surface area contributed by atoms with Crippen molar-refractivity contribution in [2.75, 3.05) is 5.32 Å². The molecule has 3 aromatic rings. The summed E-state index contributed by atoms with van der Waals surface area (Å²) in [5.41, 5.74) is 1.30. The van der Waals surface area contributed by atoms with Gasteiger partial charge in [-0.15, -0.1) is 0 Å². The summed E-state index contributed by atoms with van der Waals surface area (Å²) in [4.78, 5) is 4.12. The van der Waals surface area contributed by atoms with E-state index in [1.807, 2.05) is 0 Å². The number of nitrogens with one attached hydrogen (secondary N) is 1. The summed E-state index contributed by atoms with van der Waals surface area (Å²) in [7, 11) is 0. The van der Waals surface area contributed by atoms with Crippen LogP contribution < -0.4 is 10.1 Å². The Kier molecular flexibility index (Phi) is 4.08. The van der Waals surface area contributed by atoms with Gasteiger partial charge in [-0.3, -0.25) is 0 Å². The van der Waals surface area contributed by atoms with E-state index < -0.39 is 18.5 Å². The molecule has 0 aliphatic carbocycles. The first-order chi connectivity index (χ1) is 12.6. The standard InChI is InChI=1S/C18H13F3N4O/c19-13-7-3-1-5-11(13)15-9-14(24-18-22-10-23-25(15)18)12-6-2-4-8-16(12)26-17(20)21/h1-10,15,17H,(H,22,23,24). The van der Waals surface area contributed by atoms with Gasteiger partial charge in [0.15, 0.2) is 0 Å². The van der Waals surface area contributed by atoms with Crippen LogP contribution in [0.4, 0.5) is 19.1 Å². The summed E-state index contributed by atoms with van der Waals surface area (Å²) in [6, 6.07) is 12.1. The molecule has 1 aliphatic heterocycles. The molecule has 4 rings (SSSR count). The minimum Gasteiger partial charge on any atom is -0.434 e. The van der Waals surface area contributed by atoms with Crippen LogP contribution in [0.2, 0.25) is 0 Å². The van der Waals surface area contributed by atoms with Gasteiger partial charge in [-0.05, 0) is 24.3 Å². The average molecular weight is 358 g/mol. The van der Waals surface area contributed by atoms with Crippen molar-refractivity contribution in [2.45, 2.75) is 12.7 Å². The Balaban J connectivity index is 1.82. The summed E-state index contributed by atoms with van der Waals surface area (Å²) in [6.07, 6.45) is 3.04. The second-order valence-corrected chi connectivity index (χ2v) is 5.57. The Morgan fingerprint density at radius 1 is 1.08 bits per heavy atom. The van der Waals surface area contributed by atoms with Crippen molar-refractivity contribution in [2.24, 2.45) is 0 Å². The van der Waals surface area contributed by atoms with E-state index in [1.165, 1.54) is 23.1 Å². The Morgan fingerprint density at radius 3 is 2.65 bits per heavy atom. The number of fused-ring (bicyclic) bond motifs is 1. The fourth-order valence-electron chi connectivity index (χ4n) is 2.92. The number of allylic oxidation sites excluding steroid dienone is 1. The molecular formula is C18H13F3N4O. The summed E-state index contributed by atoms with van der Waals surface area (Å²) >= 11 is 0. The Labute approximate surface area is 146 Å². The van der Waals surface area contributed by atoms with Crippen LogP contribution in [0.1, 0.15) is 17.2 Å². The molecule has 1 aromatic heterocycles. The van der Waals surface area contributed by atoms with Gasteiger partial charge in [0.05, 0.1) is 5.70 Å². The summed E-state index contributed by atoms with van der Waals surface area (Å²) in [6.45, 7) is -2.95. The normalized spacial score (nSPS) is 16.0. The van der Waals surface area contributed by atoms with E-state index in [1.54, 1.807) is 42.5 Å². The Bertz CT molecular complexity index is 970. The molecule has 0 saturated carbocycles. The lowest BCUT2D eigenvalue weighted by Crippen LogP contribution is -2.21. The molecule has 1 atom stereocenters. The van der Waals surface area contributed by atoms with E-state index in [0.29, 0.717) is 22.8 Å². The lowest BCUT2D eigenvalue weighted by Gasteiger charge is -2.25. The highest BCUT2D eigenvalue weighted by molar-refractivity contribution is 5.80. The van der Waals surface area contributed by atoms with Crippen molar-refractivity contribution < 1.29 is 17.9 Å². The van der Waals surface area contributed by atoms with Crippen LogP contribution in [0.3, 0.4) is 0 Å². The molecule has 0 saturated heterocycles. The molecule has 2 aromatic carbocycles. The first-order valence-electron chi connectivity index (χ1n) is 7.80. The zero-order valence-electron chi connectivity index (χ0n) is 13.3. The number of aromatic nitrogens is 3. The van der Waals surface area contributed by atoms with Crippen LogP contribution in [0.25, 0.3) is 5.70 Å². The number of hydrogen-bond acceptors (Lipinski definition) is 4. The number of alkyl halides is 2. The van der Waals surface area contributed by atoms with Gasteiger partial charge in [0.25, 0.3) is 0 Å². The quantitative estimate of drug-likeness (QED) is 0.764. The van der Waals surface area contributed by atoms with Crippen LogP contribution in [0, 0.1) is 5.82 Å². The van der Waals surface area contributed by atoms with Crippen molar-refractivity contribution in [3.63, 3.8) is 0 Å². The molecule has 1 unspecified atom stereocenters. The predicted octanol–water partition coefficient (Wildman–Crippen LogP) is 4.07. The fraction of sp³-hybridized carbons (Fsp3) is 0.111. The monoisotopic (exact) mass is 358 g/mol. The Morgan fingerprint density at radius 2 is 1.85 bits per heavy atom. The van der Waals surface area contributed by atoms with E-state index in [-0.39, 0.29) is 5.75 Å². The van der Waals surface area contributed by atoms with Gasteiger partial charge in [0, 0.05) is 11.1 Å². The Hall–Kier alpha value is -3.29. The number of halogens is 3. The molecule has 26 heavy (non-hydrogen) atoms. The van der Waals surface area contributed by atoms with Crippen LogP contribution >= 0.6 is 0 Å². The van der Waals surface area contributed by atoms with E-state index in [4.69, 9.17) is 0 Å². The third-order valence-electron chi connectivity index (χ3n) is 4.02. The maximum Gasteiger partial charge on any atom is 0.387 e. The molecule has 8 heteroatoms. The van der Waals surface area contributed by atoms with E-state index in [2.05, 4.69) is 20.1 Å². The second-order valence-electron chi connectivity index (χ2n) is 5.57. The average Bonchev–Trinajstić information content (AvgIpc) is 3.10. The largest absolute Gasteiger partial charge is 0.434 e. The molecule has 0 radical (unpaired) electrons. The summed E-state index contributed by atoms with van der Waals surface area (Å²) in [5, 5.41) is 7.16. The van der Waals surface area contributed by atoms with Crippen molar-refractivity contribution in [3.05, 3.63) is 77.9 Å². The van der Waals surface area contributed by atoms with Crippen LogP contribution in [-0.4, -0.2) is 21.4 Å². The number of hydrogen-bond donors (Lipinski definition) is 1. The lowest BCUT2D eigenvalue weighted by atomic mass is 10.0. The highest BCUT2D eigenvalue weighted by Gasteiger charge is 2.26. The van der Waals surface area contributed by atoms with Gasteiger partial charge in [-0.2, -0.15) is 18.9 Å². The van der Waals surface area contributed by atoms with E-state index >= 15 is 0 Å². The first kappa shape index (κ1) is 16.2. The first-order valence-corrected chi connectivity index (χ1v) is 7.80. The molecule has 5 nitrogen and oxygen atoms in total. The summed E-state index contributed by atoms with van der Waals surface area (Å²) < 4.78 is 45.9. The third kappa shape index (κ3) is 2.90. The zero-order chi connectivity index (χ0) is 18.1. The van der Waals surface area contributed by atoms with Gasteiger partial charge in [-0.1, -0.05) is 30.3 Å². The maximum absolute atomic E-state index is 14.3. The number of nitrogens with zero attached hydrogens (tertiary/aromatic N) is 3. The lowest BCUT2D eigenvalue weighted by molar-refractivity contribution is -0.0500. The minimum atomic E-state index is -2.95. The van der Waals surface area contributed by atoms with Gasteiger partial charge < -0.3 is 10.1 Å². The predicted molar refractivity (Wildman–Crippen MR) is 89.2 cm³/mol. The van der Waals surface area contributed by atoms with E-state index in [0.717, 1.165) is 0 Å². The van der Waals surface area contributed by atoms with Crippen molar-refractivity contribution in [3.8, 4) is 5.75 Å². The number of benzene rings is 2. The molecule has 0 bridgehead atoms. The van der Waals surface area contributed by atoms with Crippen molar-refractivity contribution in [1.82, 2.24) is 14.8 Å². The molecule has 1 aliphatic rings. The highest BCUT2D eigenvalue weighted by atomic mass is 19.3. The molecule has 0 spiro atoms.